The van der Waals surface area contributed by atoms with Crippen molar-refractivity contribution in [3.63, 3.8) is 0 Å². The van der Waals surface area contributed by atoms with E-state index in [0.717, 1.165) is 0 Å². The van der Waals surface area contributed by atoms with Crippen LogP contribution < -0.4 is 0 Å². The minimum atomic E-state index is -2.81. The molecule has 60 valence electrons. The van der Waals surface area contributed by atoms with Crippen LogP contribution in [0.4, 0.5) is 0 Å². The van der Waals surface area contributed by atoms with E-state index in [4.69, 9.17) is 0 Å². The predicted molar refractivity (Wildman–Crippen MR) is 38.5 cm³/mol. The fraction of sp³-hybridized carbons (Fsp3) is 1.00. The molecule has 0 bridgehead atoms. The lowest BCUT2D eigenvalue weighted by molar-refractivity contribution is 0.0500. The van der Waals surface area contributed by atoms with E-state index in [1.54, 1.807) is 6.92 Å². The number of rotatable bonds is 0. The molecule has 1 saturated heterocycles. The summed E-state index contributed by atoms with van der Waals surface area (Å²) in [7, 11) is -2.81. The Morgan fingerprint density at radius 3 is 2.00 bits per heavy atom. The molecule has 0 aromatic carbocycles. The summed E-state index contributed by atoms with van der Waals surface area (Å²) in [5.41, 5.74) is -0.745. The molecule has 3 nitrogen and oxygen atoms in total. The molecule has 1 heterocycles. The van der Waals surface area contributed by atoms with Crippen molar-refractivity contribution in [1.29, 1.82) is 0 Å². The molecule has 1 N–H and O–H groups in total. The lowest BCUT2D eigenvalue weighted by Gasteiger charge is -2.27. The number of aliphatic hydroxyl groups is 1. The van der Waals surface area contributed by atoms with Crippen molar-refractivity contribution in [3.8, 4) is 0 Å². The molecule has 0 amide bonds. The third-order valence-electron chi connectivity index (χ3n) is 1.90. The Labute approximate surface area is 61.0 Å². The molecule has 4 heteroatoms. The maximum Gasteiger partial charge on any atom is 0.150 e. The van der Waals surface area contributed by atoms with Gasteiger partial charge in [-0.25, -0.2) is 8.42 Å². The highest BCUT2D eigenvalue weighted by Gasteiger charge is 2.30. The summed E-state index contributed by atoms with van der Waals surface area (Å²) in [6, 6.07) is 0. The van der Waals surface area contributed by atoms with Crippen molar-refractivity contribution in [3.05, 3.63) is 0 Å². The lowest BCUT2D eigenvalue weighted by Crippen LogP contribution is -2.36. The zero-order valence-corrected chi connectivity index (χ0v) is 6.82. The second-order valence-electron chi connectivity index (χ2n) is 3.15. The van der Waals surface area contributed by atoms with Crippen LogP contribution in [-0.2, 0) is 9.84 Å². The molecule has 10 heavy (non-hydrogen) atoms. The average Bonchev–Trinajstić information content (AvgIpc) is 1.79. The largest absolute Gasteiger partial charge is 0.390 e. The lowest BCUT2D eigenvalue weighted by atomic mass is 10.0. The Kier molecular flexibility index (Phi) is 1.76. The van der Waals surface area contributed by atoms with Gasteiger partial charge in [0.2, 0.25) is 0 Å². The molecular weight excluding hydrogens is 152 g/mol. The molecule has 1 aliphatic rings. The second kappa shape index (κ2) is 2.20. The first-order chi connectivity index (χ1) is 4.41. The summed E-state index contributed by atoms with van der Waals surface area (Å²) in [4.78, 5) is 0. The van der Waals surface area contributed by atoms with Crippen LogP contribution in [0, 0.1) is 0 Å². The van der Waals surface area contributed by atoms with E-state index in [9.17, 15) is 13.5 Å². The monoisotopic (exact) mass is 164 g/mol. The van der Waals surface area contributed by atoms with Gasteiger partial charge in [-0.2, -0.15) is 0 Å². The quantitative estimate of drug-likeness (QED) is 0.546. The van der Waals surface area contributed by atoms with Crippen LogP contribution >= 0.6 is 0 Å². The number of hydrogen-bond acceptors (Lipinski definition) is 3. The third-order valence-corrected chi connectivity index (χ3v) is 3.56. The molecule has 0 aromatic heterocycles. The highest BCUT2D eigenvalue weighted by atomic mass is 32.2. The third kappa shape index (κ3) is 1.95. The van der Waals surface area contributed by atoms with Gasteiger partial charge >= 0.3 is 0 Å². The van der Waals surface area contributed by atoms with Gasteiger partial charge < -0.3 is 5.11 Å². The smallest absolute Gasteiger partial charge is 0.150 e. The van der Waals surface area contributed by atoms with Crippen molar-refractivity contribution in [2.75, 3.05) is 11.5 Å². The Bertz CT molecular complexity index is 199. The standard InChI is InChI=1S/C6H12O3S/c1-6(7)2-4-10(8,9)5-3-6/h7H,2-5H2,1H3. The molecule has 0 aromatic rings. The van der Waals surface area contributed by atoms with E-state index in [2.05, 4.69) is 0 Å². The van der Waals surface area contributed by atoms with Gasteiger partial charge in [0, 0.05) is 0 Å². The zero-order chi connectivity index (χ0) is 7.83. The van der Waals surface area contributed by atoms with E-state index in [1.807, 2.05) is 0 Å². The van der Waals surface area contributed by atoms with Crippen LogP contribution in [0.3, 0.4) is 0 Å². The minimum Gasteiger partial charge on any atom is -0.390 e. The molecule has 0 aliphatic carbocycles. The first kappa shape index (κ1) is 8.01. The van der Waals surface area contributed by atoms with Crippen LogP contribution in [0.15, 0.2) is 0 Å². The van der Waals surface area contributed by atoms with Crippen molar-refractivity contribution >= 4 is 9.84 Å². The fourth-order valence-corrected chi connectivity index (χ4v) is 2.68. The SMILES string of the molecule is CC1(O)CCS(=O)(=O)CC1. The van der Waals surface area contributed by atoms with Gasteiger partial charge in [-0.1, -0.05) is 0 Å². The van der Waals surface area contributed by atoms with Crippen molar-refractivity contribution in [1.82, 2.24) is 0 Å². The highest BCUT2D eigenvalue weighted by molar-refractivity contribution is 7.91. The Morgan fingerprint density at radius 1 is 1.30 bits per heavy atom. The fourth-order valence-electron chi connectivity index (χ4n) is 0.978. The molecule has 1 aliphatic heterocycles. The maximum absolute atomic E-state index is 10.8. The summed E-state index contributed by atoms with van der Waals surface area (Å²) >= 11 is 0. The van der Waals surface area contributed by atoms with Gasteiger partial charge in [0.15, 0.2) is 9.84 Å². The van der Waals surface area contributed by atoms with Gasteiger partial charge in [-0.05, 0) is 19.8 Å². The van der Waals surface area contributed by atoms with Gasteiger partial charge in [-0.3, -0.25) is 0 Å². The summed E-state index contributed by atoms with van der Waals surface area (Å²) < 4.78 is 21.7. The Balaban J connectivity index is 2.63. The summed E-state index contributed by atoms with van der Waals surface area (Å²) in [5, 5.41) is 9.34. The molecule has 1 fully saturated rings. The first-order valence-corrected chi connectivity index (χ1v) is 5.16. The molecule has 0 unspecified atom stereocenters. The Hall–Kier alpha value is -0.0900. The van der Waals surface area contributed by atoms with Crippen molar-refractivity contribution < 1.29 is 13.5 Å². The van der Waals surface area contributed by atoms with E-state index < -0.39 is 15.4 Å². The average molecular weight is 164 g/mol. The minimum absolute atomic E-state index is 0.139. The number of hydrogen-bond donors (Lipinski definition) is 1. The van der Waals surface area contributed by atoms with Crippen LogP contribution in [0.1, 0.15) is 19.8 Å². The van der Waals surface area contributed by atoms with Crippen LogP contribution in [0.25, 0.3) is 0 Å². The number of sulfone groups is 1. The van der Waals surface area contributed by atoms with Gasteiger partial charge in [-0.15, -0.1) is 0 Å². The molecular formula is C6H12O3S. The maximum atomic E-state index is 10.8. The normalized spacial score (nSPS) is 29.8. The highest BCUT2D eigenvalue weighted by Crippen LogP contribution is 2.22. The van der Waals surface area contributed by atoms with Gasteiger partial charge in [0.25, 0.3) is 0 Å². The first-order valence-electron chi connectivity index (χ1n) is 3.34. The van der Waals surface area contributed by atoms with Gasteiger partial charge in [0.1, 0.15) is 0 Å². The predicted octanol–water partition coefficient (Wildman–Crippen LogP) is -0.0540. The van der Waals surface area contributed by atoms with Crippen molar-refractivity contribution in [2.45, 2.75) is 25.4 Å². The molecule has 0 spiro atoms. The van der Waals surface area contributed by atoms with E-state index in [0.29, 0.717) is 12.8 Å². The van der Waals surface area contributed by atoms with E-state index >= 15 is 0 Å². The van der Waals surface area contributed by atoms with Crippen LogP contribution in [0.5, 0.6) is 0 Å². The summed E-state index contributed by atoms with van der Waals surface area (Å²) in [6.45, 7) is 1.68. The topological polar surface area (TPSA) is 54.4 Å². The van der Waals surface area contributed by atoms with Crippen LogP contribution in [0.2, 0.25) is 0 Å². The molecule has 0 saturated carbocycles. The summed E-state index contributed by atoms with van der Waals surface area (Å²) in [5.74, 6) is 0.278. The van der Waals surface area contributed by atoms with E-state index in [-0.39, 0.29) is 11.5 Å². The Morgan fingerprint density at radius 2 is 1.70 bits per heavy atom. The van der Waals surface area contributed by atoms with Crippen molar-refractivity contribution in [2.24, 2.45) is 0 Å². The molecule has 1 rings (SSSR count). The molecule has 0 radical (unpaired) electrons. The van der Waals surface area contributed by atoms with E-state index in [1.165, 1.54) is 0 Å². The summed E-state index contributed by atoms with van der Waals surface area (Å²) in [6.07, 6.45) is 0.769. The van der Waals surface area contributed by atoms with Gasteiger partial charge in [0.05, 0.1) is 17.1 Å². The second-order valence-corrected chi connectivity index (χ2v) is 5.45. The zero-order valence-electron chi connectivity index (χ0n) is 6.00. The van der Waals surface area contributed by atoms with Crippen LogP contribution in [-0.4, -0.2) is 30.6 Å². The molecule has 0 atom stereocenters.